The van der Waals surface area contributed by atoms with Gasteiger partial charge in [0.2, 0.25) is 0 Å². The number of alkyl halides is 3. The topological polar surface area (TPSA) is 39.9 Å². The predicted octanol–water partition coefficient (Wildman–Crippen LogP) is 2.92. The first-order valence-corrected chi connectivity index (χ1v) is 6.25. The normalized spacial score (nSPS) is 11.5. The Morgan fingerprint density at radius 3 is 2.63 bits per heavy atom. The van der Waals surface area contributed by atoms with Crippen molar-refractivity contribution >= 4 is 11.9 Å². The molecule has 0 N–H and O–H groups in total. The van der Waals surface area contributed by atoms with Gasteiger partial charge < -0.3 is 4.74 Å². The van der Waals surface area contributed by atoms with E-state index in [2.05, 4.69) is 14.8 Å². The summed E-state index contributed by atoms with van der Waals surface area (Å²) in [5.74, 6) is 0.642. The molecule has 0 aliphatic carbocycles. The fourth-order valence-corrected chi connectivity index (χ4v) is 1.94. The van der Waals surface area contributed by atoms with Crippen LogP contribution in [0, 0.1) is 0 Å². The summed E-state index contributed by atoms with van der Waals surface area (Å²) in [4.78, 5) is 3.64. The van der Waals surface area contributed by atoms with E-state index in [0.29, 0.717) is 5.75 Å². The van der Waals surface area contributed by atoms with Crippen molar-refractivity contribution in [3.05, 3.63) is 42.2 Å². The van der Waals surface area contributed by atoms with E-state index in [1.165, 1.54) is 22.4 Å². The molecule has 0 amide bonds. The molecule has 0 radical (unpaired) electrons. The van der Waals surface area contributed by atoms with Gasteiger partial charge in [-0.3, -0.25) is 0 Å². The van der Waals surface area contributed by atoms with Crippen molar-refractivity contribution in [2.24, 2.45) is 0 Å². The third-order valence-electron chi connectivity index (χ3n) is 2.02. The molecule has 8 heteroatoms. The lowest BCUT2D eigenvalue weighted by Crippen LogP contribution is -2.19. The lowest BCUT2D eigenvalue weighted by atomic mass is 10.2. The first-order chi connectivity index (χ1) is 9.03. The number of ether oxygens (including phenoxy) is 1. The third-order valence-corrected chi connectivity index (χ3v) is 2.93. The van der Waals surface area contributed by atoms with Crippen molar-refractivity contribution in [2.45, 2.75) is 11.9 Å². The summed E-state index contributed by atoms with van der Waals surface area (Å²) in [6.07, 6.45) is -3.07. The molecule has 0 unspecified atom stereocenters. The Hall–Kier alpha value is -1.70. The number of aromatic nitrogens is 3. The molecule has 2 rings (SSSR count). The molecule has 2 aromatic rings. The largest absolute Gasteiger partial charge is 0.453 e. The summed E-state index contributed by atoms with van der Waals surface area (Å²) in [6.45, 7) is -1.39. The zero-order valence-corrected chi connectivity index (χ0v) is 10.5. The minimum Gasteiger partial charge on any atom is -0.453 e. The Balaban J connectivity index is 1.84. The van der Waals surface area contributed by atoms with E-state index in [9.17, 15) is 13.2 Å². The van der Waals surface area contributed by atoms with Crippen LogP contribution in [0.5, 0.6) is 6.01 Å². The number of hydrogen-bond acceptors (Lipinski definition) is 4. The second-order valence-electron chi connectivity index (χ2n) is 3.59. The number of nitrogens with zero attached hydrogens (tertiary/aromatic N) is 3. The van der Waals surface area contributed by atoms with E-state index in [-0.39, 0.29) is 6.01 Å². The SMILES string of the molecule is FC(F)(F)COc1ncn(SCc2ccccc2)n1. The molecule has 0 atom stereocenters. The van der Waals surface area contributed by atoms with Gasteiger partial charge in [-0.2, -0.15) is 22.2 Å². The van der Waals surface area contributed by atoms with Crippen LogP contribution in [0.1, 0.15) is 5.56 Å². The third kappa shape index (κ3) is 4.82. The van der Waals surface area contributed by atoms with E-state index >= 15 is 0 Å². The molecule has 0 spiro atoms. The zero-order chi connectivity index (χ0) is 13.7. The standard InChI is InChI=1S/C11H10F3N3OS/c12-11(13,14)7-18-10-15-8-17(16-10)19-6-9-4-2-1-3-5-9/h1-5,8H,6-7H2. The van der Waals surface area contributed by atoms with Crippen molar-refractivity contribution in [3.8, 4) is 6.01 Å². The fraction of sp³-hybridized carbons (Fsp3) is 0.273. The number of halogens is 3. The average Bonchev–Trinajstić information content (AvgIpc) is 2.82. The van der Waals surface area contributed by atoms with Crippen molar-refractivity contribution in [1.29, 1.82) is 0 Å². The number of rotatable bonds is 5. The Morgan fingerprint density at radius 1 is 1.21 bits per heavy atom. The first-order valence-electron chi connectivity index (χ1n) is 5.31. The van der Waals surface area contributed by atoms with Gasteiger partial charge in [0.25, 0.3) is 0 Å². The molecule has 0 aliphatic rings. The van der Waals surface area contributed by atoms with Crippen LogP contribution in [-0.4, -0.2) is 27.0 Å². The van der Waals surface area contributed by atoms with Gasteiger partial charge in [0.15, 0.2) is 6.61 Å². The van der Waals surface area contributed by atoms with E-state index in [0.717, 1.165) is 5.56 Å². The van der Waals surface area contributed by atoms with Crippen molar-refractivity contribution in [1.82, 2.24) is 14.2 Å². The molecule has 0 aliphatic heterocycles. The van der Waals surface area contributed by atoms with Crippen molar-refractivity contribution < 1.29 is 17.9 Å². The summed E-state index contributed by atoms with van der Waals surface area (Å²) in [5.41, 5.74) is 1.08. The van der Waals surface area contributed by atoms with Crippen LogP contribution in [0.4, 0.5) is 13.2 Å². The van der Waals surface area contributed by atoms with E-state index in [4.69, 9.17) is 0 Å². The van der Waals surface area contributed by atoms with E-state index in [1.807, 2.05) is 30.3 Å². The highest BCUT2D eigenvalue weighted by atomic mass is 32.2. The van der Waals surface area contributed by atoms with Gasteiger partial charge in [-0.15, -0.1) is 5.10 Å². The zero-order valence-electron chi connectivity index (χ0n) is 9.67. The maximum atomic E-state index is 11.9. The molecule has 0 saturated carbocycles. The molecule has 102 valence electrons. The van der Waals surface area contributed by atoms with Gasteiger partial charge in [0.05, 0.1) is 0 Å². The smallest absolute Gasteiger partial charge is 0.422 e. The molecule has 1 heterocycles. The fourth-order valence-electron chi connectivity index (χ4n) is 1.22. The first kappa shape index (κ1) is 13.7. The van der Waals surface area contributed by atoms with Gasteiger partial charge >= 0.3 is 12.2 Å². The molecule has 0 saturated heterocycles. The lowest BCUT2D eigenvalue weighted by molar-refractivity contribution is -0.154. The lowest BCUT2D eigenvalue weighted by Gasteiger charge is -2.04. The van der Waals surface area contributed by atoms with Crippen molar-refractivity contribution in [2.75, 3.05) is 6.61 Å². The highest BCUT2D eigenvalue weighted by Crippen LogP contribution is 2.17. The predicted molar refractivity (Wildman–Crippen MR) is 64.7 cm³/mol. The summed E-state index contributed by atoms with van der Waals surface area (Å²) in [6, 6.07) is 9.35. The maximum absolute atomic E-state index is 11.9. The van der Waals surface area contributed by atoms with E-state index < -0.39 is 12.8 Å². The van der Waals surface area contributed by atoms with Gasteiger partial charge in [0, 0.05) is 5.75 Å². The Kier molecular flexibility index (Phi) is 4.31. The monoisotopic (exact) mass is 289 g/mol. The van der Waals surface area contributed by atoms with Crippen LogP contribution >= 0.6 is 11.9 Å². The van der Waals surface area contributed by atoms with Gasteiger partial charge in [-0.1, -0.05) is 30.3 Å². The molecule has 1 aromatic carbocycles. The van der Waals surface area contributed by atoms with Crippen LogP contribution in [0.2, 0.25) is 0 Å². The van der Waals surface area contributed by atoms with Gasteiger partial charge in [0.1, 0.15) is 6.33 Å². The Morgan fingerprint density at radius 2 is 1.95 bits per heavy atom. The van der Waals surface area contributed by atoms with Crippen LogP contribution in [0.15, 0.2) is 36.7 Å². The van der Waals surface area contributed by atoms with Crippen LogP contribution in [-0.2, 0) is 5.75 Å². The molecule has 0 bridgehead atoms. The minimum atomic E-state index is -4.39. The summed E-state index contributed by atoms with van der Waals surface area (Å²) in [5, 5.41) is 3.77. The Labute approximate surface area is 111 Å². The summed E-state index contributed by atoms with van der Waals surface area (Å²) in [7, 11) is 0. The summed E-state index contributed by atoms with van der Waals surface area (Å²) >= 11 is 1.31. The number of benzene rings is 1. The molecular weight excluding hydrogens is 279 g/mol. The van der Waals surface area contributed by atoms with Gasteiger partial charge in [-0.05, 0) is 17.5 Å². The quantitative estimate of drug-likeness (QED) is 0.848. The highest BCUT2D eigenvalue weighted by Gasteiger charge is 2.29. The molecule has 0 fully saturated rings. The highest BCUT2D eigenvalue weighted by molar-refractivity contribution is 7.96. The molecule has 19 heavy (non-hydrogen) atoms. The minimum absolute atomic E-state index is 0.280. The van der Waals surface area contributed by atoms with Crippen molar-refractivity contribution in [3.63, 3.8) is 0 Å². The van der Waals surface area contributed by atoms with E-state index in [1.54, 1.807) is 0 Å². The summed E-state index contributed by atoms with van der Waals surface area (Å²) < 4.78 is 41.6. The maximum Gasteiger partial charge on any atom is 0.422 e. The second-order valence-corrected chi connectivity index (χ2v) is 4.51. The second kappa shape index (κ2) is 5.96. The molecule has 4 nitrogen and oxygen atoms in total. The van der Waals surface area contributed by atoms with Gasteiger partial charge in [-0.25, -0.2) is 0 Å². The Bertz CT molecular complexity index is 515. The molecular formula is C11H10F3N3OS. The van der Waals surface area contributed by atoms with Crippen LogP contribution in [0.25, 0.3) is 0 Å². The average molecular weight is 289 g/mol. The van der Waals surface area contributed by atoms with Crippen LogP contribution in [0.3, 0.4) is 0 Å². The molecule has 1 aromatic heterocycles. The van der Waals surface area contributed by atoms with Crippen LogP contribution < -0.4 is 4.74 Å². The number of hydrogen-bond donors (Lipinski definition) is 0.